The Morgan fingerprint density at radius 3 is 2.26 bits per heavy atom. The SMILES string of the molecule is CCNC(=NCc1ccccc1COC)N(C)Cc1ccccc1OC.I. The van der Waals surface area contributed by atoms with E-state index in [0.29, 0.717) is 13.2 Å². The average Bonchev–Trinajstić information content (AvgIpc) is 2.66. The zero-order valence-corrected chi connectivity index (χ0v) is 18.9. The van der Waals surface area contributed by atoms with Crippen molar-refractivity contribution in [2.45, 2.75) is 26.6 Å². The van der Waals surface area contributed by atoms with Gasteiger partial charge in [0.25, 0.3) is 0 Å². The normalized spacial score (nSPS) is 10.9. The van der Waals surface area contributed by atoms with Gasteiger partial charge in [0.15, 0.2) is 5.96 Å². The van der Waals surface area contributed by atoms with E-state index >= 15 is 0 Å². The first-order valence-corrected chi connectivity index (χ1v) is 8.86. The monoisotopic (exact) mass is 483 g/mol. The molecule has 27 heavy (non-hydrogen) atoms. The molecule has 5 nitrogen and oxygen atoms in total. The van der Waals surface area contributed by atoms with Crippen LogP contribution in [0, 0.1) is 0 Å². The molecule has 0 aliphatic heterocycles. The summed E-state index contributed by atoms with van der Waals surface area (Å²) >= 11 is 0. The van der Waals surface area contributed by atoms with Gasteiger partial charge in [0.2, 0.25) is 0 Å². The second kappa shape index (κ2) is 12.6. The molecule has 148 valence electrons. The van der Waals surface area contributed by atoms with E-state index < -0.39 is 0 Å². The van der Waals surface area contributed by atoms with Gasteiger partial charge in [-0.2, -0.15) is 0 Å². The lowest BCUT2D eigenvalue weighted by atomic mass is 10.1. The van der Waals surface area contributed by atoms with Crippen molar-refractivity contribution in [3.8, 4) is 5.75 Å². The van der Waals surface area contributed by atoms with Crippen molar-refractivity contribution >= 4 is 29.9 Å². The van der Waals surface area contributed by atoms with E-state index in [1.54, 1.807) is 14.2 Å². The smallest absolute Gasteiger partial charge is 0.194 e. The molecule has 0 aliphatic rings. The molecule has 6 heteroatoms. The molecule has 0 radical (unpaired) electrons. The summed E-state index contributed by atoms with van der Waals surface area (Å²) in [6.07, 6.45) is 0. The third-order valence-corrected chi connectivity index (χ3v) is 4.11. The van der Waals surface area contributed by atoms with Gasteiger partial charge in [-0.25, -0.2) is 4.99 Å². The van der Waals surface area contributed by atoms with E-state index in [-0.39, 0.29) is 24.0 Å². The molecule has 0 spiro atoms. The number of guanidine groups is 1. The van der Waals surface area contributed by atoms with Gasteiger partial charge in [0.1, 0.15) is 5.75 Å². The average molecular weight is 483 g/mol. The Kier molecular flexibility index (Phi) is 10.8. The van der Waals surface area contributed by atoms with Gasteiger partial charge < -0.3 is 19.7 Å². The van der Waals surface area contributed by atoms with E-state index in [9.17, 15) is 0 Å². The van der Waals surface area contributed by atoms with Crippen LogP contribution < -0.4 is 10.1 Å². The summed E-state index contributed by atoms with van der Waals surface area (Å²) in [5, 5.41) is 3.37. The van der Waals surface area contributed by atoms with Crippen molar-refractivity contribution in [1.82, 2.24) is 10.2 Å². The Morgan fingerprint density at radius 2 is 1.63 bits per heavy atom. The number of benzene rings is 2. The van der Waals surface area contributed by atoms with Gasteiger partial charge in [-0.05, 0) is 24.1 Å². The minimum Gasteiger partial charge on any atom is -0.496 e. The molecule has 0 amide bonds. The van der Waals surface area contributed by atoms with E-state index in [4.69, 9.17) is 14.5 Å². The topological polar surface area (TPSA) is 46.1 Å². The Hall–Kier alpha value is -1.80. The second-order valence-electron chi connectivity index (χ2n) is 6.04. The third kappa shape index (κ3) is 7.03. The van der Waals surface area contributed by atoms with Gasteiger partial charge in [-0.1, -0.05) is 42.5 Å². The van der Waals surface area contributed by atoms with Crippen molar-refractivity contribution in [1.29, 1.82) is 0 Å². The molecule has 0 aliphatic carbocycles. The first-order valence-electron chi connectivity index (χ1n) is 8.86. The van der Waals surface area contributed by atoms with Crippen molar-refractivity contribution in [2.24, 2.45) is 4.99 Å². The molecule has 0 saturated heterocycles. The molecule has 0 atom stereocenters. The number of para-hydroxylation sites is 1. The number of nitrogens with zero attached hydrogens (tertiary/aromatic N) is 2. The molecule has 0 heterocycles. The summed E-state index contributed by atoms with van der Waals surface area (Å²) in [5.74, 6) is 1.76. The van der Waals surface area contributed by atoms with Gasteiger partial charge in [0.05, 0.1) is 20.3 Å². The molecule has 2 aromatic carbocycles. The zero-order valence-electron chi connectivity index (χ0n) is 16.6. The summed E-state index contributed by atoms with van der Waals surface area (Å²) in [5.41, 5.74) is 3.47. The predicted octanol–water partition coefficient (Wildman–Crippen LogP) is 4.06. The van der Waals surface area contributed by atoms with Crippen LogP contribution in [0.3, 0.4) is 0 Å². The first-order chi connectivity index (χ1) is 12.7. The summed E-state index contributed by atoms with van der Waals surface area (Å²) in [4.78, 5) is 6.92. The summed E-state index contributed by atoms with van der Waals surface area (Å²) in [6, 6.07) is 16.3. The lowest BCUT2D eigenvalue weighted by molar-refractivity contribution is 0.184. The van der Waals surface area contributed by atoms with Crippen LogP contribution in [0.1, 0.15) is 23.6 Å². The number of aliphatic imine (C=N–C) groups is 1. The number of hydrogen-bond acceptors (Lipinski definition) is 3. The molecule has 0 bridgehead atoms. The molecular weight excluding hydrogens is 453 g/mol. The van der Waals surface area contributed by atoms with Crippen LogP contribution in [0.2, 0.25) is 0 Å². The van der Waals surface area contributed by atoms with Crippen LogP contribution in [0.5, 0.6) is 5.75 Å². The van der Waals surface area contributed by atoms with Crippen LogP contribution in [-0.4, -0.2) is 38.7 Å². The standard InChI is InChI=1S/C21H29N3O2.HI/c1-5-22-21(23-14-17-10-6-7-12-19(17)16-25-3)24(2)15-18-11-8-9-13-20(18)26-4;/h6-13H,5,14-16H2,1-4H3,(H,22,23);1H. The maximum absolute atomic E-state index is 5.46. The summed E-state index contributed by atoms with van der Waals surface area (Å²) in [6.45, 7) is 4.81. The van der Waals surface area contributed by atoms with Crippen LogP contribution in [0.4, 0.5) is 0 Å². The fraction of sp³-hybridized carbons (Fsp3) is 0.381. The highest BCUT2D eigenvalue weighted by Gasteiger charge is 2.10. The number of hydrogen-bond donors (Lipinski definition) is 1. The van der Waals surface area contributed by atoms with E-state index in [0.717, 1.165) is 30.4 Å². The fourth-order valence-electron chi connectivity index (χ4n) is 2.80. The van der Waals surface area contributed by atoms with Gasteiger partial charge in [-0.3, -0.25) is 0 Å². The highest BCUT2D eigenvalue weighted by atomic mass is 127. The molecule has 0 unspecified atom stereocenters. The minimum atomic E-state index is 0. The molecule has 1 N–H and O–H groups in total. The largest absolute Gasteiger partial charge is 0.496 e. The number of halogens is 1. The number of methoxy groups -OCH3 is 2. The van der Waals surface area contributed by atoms with Crippen molar-refractivity contribution in [3.05, 3.63) is 65.2 Å². The van der Waals surface area contributed by atoms with Crippen LogP contribution >= 0.6 is 24.0 Å². The Labute approximate surface area is 179 Å². The second-order valence-corrected chi connectivity index (χ2v) is 6.04. The number of nitrogens with one attached hydrogen (secondary N) is 1. The first kappa shape index (κ1) is 23.2. The van der Waals surface area contributed by atoms with Gasteiger partial charge in [0, 0.05) is 32.8 Å². The molecule has 2 aromatic rings. The quantitative estimate of drug-likeness (QED) is 0.350. The van der Waals surface area contributed by atoms with Crippen LogP contribution in [-0.2, 0) is 24.4 Å². The zero-order chi connectivity index (χ0) is 18.8. The Balaban J connectivity index is 0.00000364. The lowest BCUT2D eigenvalue weighted by Crippen LogP contribution is -2.38. The molecule has 2 rings (SSSR count). The number of ether oxygens (including phenoxy) is 2. The Bertz CT molecular complexity index is 722. The molecule has 0 aromatic heterocycles. The van der Waals surface area contributed by atoms with Crippen LogP contribution in [0.15, 0.2) is 53.5 Å². The Morgan fingerprint density at radius 1 is 1.00 bits per heavy atom. The van der Waals surface area contributed by atoms with Crippen molar-refractivity contribution in [3.63, 3.8) is 0 Å². The molecule has 0 saturated carbocycles. The molecular formula is C21H30IN3O2. The van der Waals surface area contributed by atoms with E-state index in [2.05, 4.69) is 35.3 Å². The minimum absolute atomic E-state index is 0. The fourth-order valence-corrected chi connectivity index (χ4v) is 2.80. The van der Waals surface area contributed by atoms with Crippen molar-refractivity contribution < 1.29 is 9.47 Å². The predicted molar refractivity (Wildman–Crippen MR) is 122 cm³/mol. The van der Waals surface area contributed by atoms with E-state index in [1.807, 2.05) is 37.4 Å². The summed E-state index contributed by atoms with van der Waals surface area (Å²) < 4.78 is 10.7. The van der Waals surface area contributed by atoms with E-state index in [1.165, 1.54) is 11.1 Å². The lowest BCUT2D eigenvalue weighted by Gasteiger charge is -2.23. The van der Waals surface area contributed by atoms with Crippen molar-refractivity contribution in [2.75, 3.05) is 27.8 Å². The van der Waals surface area contributed by atoms with Gasteiger partial charge in [-0.15, -0.1) is 24.0 Å². The molecule has 0 fully saturated rings. The highest BCUT2D eigenvalue weighted by Crippen LogP contribution is 2.19. The maximum atomic E-state index is 5.46. The maximum Gasteiger partial charge on any atom is 0.194 e. The highest BCUT2D eigenvalue weighted by molar-refractivity contribution is 14.0. The third-order valence-electron chi connectivity index (χ3n) is 4.11. The summed E-state index contributed by atoms with van der Waals surface area (Å²) in [7, 11) is 5.45. The van der Waals surface area contributed by atoms with Crippen LogP contribution in [0.25, 0.3) is 0 Å². The van der Waals surface area contributed by atoms with Gasteiger partial charge >= 0.3 is 0 Å². The number of rotatable bonds is 8.